The highest BCUT2D eigenvalue weighted by atomic mass is 35.5. The summed E-state index contributed by atoms with van der Waals surface area (Å²) in [5.74, 6) is -0.247. The number of alkyl halides is 1. The monoisotopic (exact) mass is 273 g/mol. The van der Waals surface area contributed by atoms with Crippen LogP contribution in [0.5, 0.6) is 0 Å². The Bertz CT molecular complexity index is 456. The fourth-order valence-corrected chi connectivity index (χ4v) is 1.63. The van der Waals surface area contributed by atoms with E-state index in [-0.39, 0.29) is 17.0 Å². The Hall–Kier alpha value is -1.56. The van der Waals surface area contributed by atoms with E-state index in [9.17, 15) is 14.9 Å². The molecule has 0 fully saturated rings. The first-order chi connectivity index (χ1) is 8.32. The first kappa shape index (κ1) is 14.5. The quantitative estimate of drug-likeness (QED) is 0.468. The minimum atomic E-state index is -0.516. The lowest BCUT2D eigenvalue weighted by molar-refractivity contribution is -0.384. The molecule has 0 spiro atoms. The van der Waals surface area contributed by atoms with Gasteiger partial charge < -0.3 is 9.47 Å². The number of aromatic nitrogens is 1. The zero-order chi connectivity index (χ0) is 13.9. The van der Waals surface area contributed by atoms with E-state index < -0.39 is 4.92 Å². The van der Waals surface area contributed by atoms with Crippen molar-refractivity contribution in [1.29, 1.82) is 0 Å². The van der Waals surface area contributed by atoms with Crippen LogP contribution in [0.2, 0.25) is 0 Å². The normalized spacial score (nSPS) is 12.2. The second kappa shape index (κ2) is 5.86. The van der Waals surface area contributed by atoms with Crippen LogP contribution in [0.1, 0.15) is 23.8 Å². The molecule has 0 aliphatic rings. The standard InChI is InChI=1S/C11H16ClN3O3/c1-8(12)4-5-13(2)11(16)10-6-9(15(17)18)7-14(10)3/h6-8H,4-5H2,1-3H3. The molecule has 1 atom stereocenters. The van der Waals surface area contributed by atoms with Crippen molar-refractivity contribution in [2.75, 3.05) is 13.6 Å². The van der Waals surface area contributed by atoms with Gasteiger partial charge in [0.05, 0.1) is 11.1 Å². The Morgan fingerprint density at radius 2 is 2.28 bits per heavy atom. The van der Waals surface area contributed by atoms with Crippen LogP contribution in [0.4, 0.5) is 5.69 Å². The molecule has 0 saturated heterocycles. The third-order valence-corrected chi connectivity index (χ3v) is 2.85. The largest absolute Gasteiger partial charge is 0.340 e. The van der Waals surface area contributed by atoms with Crippen LogP contribution in [-0.4, -0.2) is 39.3 Å². The molecule has 7 heteroatoms. The third-order valence-electron chi connectivity index (χ3n) is 2.63. The second-order valence-corrected chi connectivity index (χ2v) is 4.99. The molecule has 0 bridgehead atoms. The molecular weight excluding hydrogens is 258 g/mol. The average Bonchev–Trinajstić information content (AvgIpc) is 2.67. The van der Waals surface area contributed by atoms with Crippen LogP contribution in [0.25, 0.3) is 0 Å². The molecule has 100 valence electrons. The van der Waals surface area contributed by atoms with Gasteiger partial charge in [0.15, 0.2) is 0 Å². The predicted octanol–water partition coefficient (Wildman–Crippen LogP) is 2.02. The molecule has 0 N–H and O–H groups in total. The van der Waals surface area contributed by atoms with Crippen molar-refractivity contribution in [3.63, 3.8) is 0 Å². The molecule has 0 aromatic carbocycles. The van der Waals surface area contributed by atoms with Gasteiger partial charge in [-0.15, -0.1) is 11.6 Å². The minimum absolute atomic E-state index is 0.0111. The van der Waals surface area contributed by atoms with Gasteiger partial charge in [0.1, 0.15) is 5.69 Å². The van der Waals surface area contributed by atoms with E-state index in [1.54, 1.807) is 14.1 Å². The number of amides is 1. The van der Waals surface area contributed by atoms with E-state index in [1.165, 1.54) is 21.7 Å². The summed E-state index contributed by atoms with van der Waals surface area (Å²) in [5.41, 5.74) is 0.214. The smallest absolute Gasteiger partial charge is 0.287 e. The highest BCUT2D eigenvalue weighted by molar-refractivity contribution is 6.20. The Labute approximate surface area is 110 Å². The molecule has 0 radical (unpaired) electrons. The van der Waals surface area contributed by atoms with E-state index in [4.69, 9.17) is 11.6 Å². The van der Waals surface area contributed by atoms with Crippen LogP contribution in [-0.2, 0) is 7.05 Å². The van der Waals surface area contributed by atoms with Crippen LogP contribution >= 0.6 is 11.6 Å². The van der Waals surface area contributed by atoms with Gasteiger partial charge in [0, 0.05) is 32.1 Å². The zero-order valence-corrected chi connectivity index (χ0v) is 11.3. The second-order valence-electron chi connectivity index (χ2n) is 4.25. The summed E-state index contributed by atoms with van der Waals surface area (Å²) in [7, 11) is 3.26. The number of nitro groups is 1. The molecule has 1 amide bonds. The summed E-state index contributed by atoms with van der Waals surface area (Å²) < 4.78 is 1.46. The molecular formula is C11H16ClN3O3. The molecule has 18 heavy (non-hydrogen) atoms. The Balaban J connectivity index is 2.80. The number of carbonyl (C=O) groups excluding carboxylic acids is 1. The van der Waals surface area contributed by atoms with Crippen LogP contribution in [0.3, 0.4) is 0 Å². The number of hydrogen-bond acceptors (Lipinski definition) is 3. The first-order valence-electron chi connectivity index (χ1n) is 5.53. The lowest BCUT2D eigenvalue weighted by Gasteiger charge is -2.17. The van der Waals surface area contributed by atoms with Crippen LogP contribution in [0, 0.1) is 10.1 Å². The van der Waals surface area contributed by atoms with Crippen LogP contribution in [0.15, 0.2) is 12.3 Å². The van der Waals surface area contributed by atoms with E-state index in [1.807, 2.05) is 6.92 Å². The van der Waals surface area contributed by atoms with Gasteiger partial charge in [-0.2, -0.15) is 0 Å². The van der Waals surface area contributed by atoms with Gasteiger partial charge in [-0.1, -0.05) is 0 Å². The van der Waals surface area contributed by atoms with Gasteiger partial charge in [-0.3, -0.25) is 14.9 Å². The van der Waals surface area contributed by atoms with E-state index in [0.29, 0.717) is 18.7 Å². The van der Waals surface area contributed by atoms with Crippen molar-refractivity contribution in [1.82, 2.24) is 9.47 Å². The fourth-order valence-electron chi connectivity index (χ4n) is 1.53. The van der Waals surface area contributed by atoms with Crippen molar-refractivity contribution in [3.8, 4) is 0 Å². The Kier molecular flexibility index (Phi) is 4.72. The lowest BCUT2D eigenvalue weighted by atomic mass is 10.3. The number of hydrogen-bond donors (Lipinski definition) is 0. The zero-order valence-electron chi connectivity index (χ0n) is 10.6. The van der Waals surface area contributed by atoms with Crippen molar-refractivity contribution in [3.05, 3.63) is 28.1 Å². The van der Waals surface area contributed by atoms with Crippen LogP contribution < -0.4 is 0 Å². The predicted molar refractivity (Wildman–Crippen MR) is 69.0 cm³/mol. The third kappa shape index (κ3) is 3.46. The maximum atomic E-state index is 12.1. The average molecular weight is 274 g/mol. The van der Waals surface area contributed by atoms with Crippen molar-refractivity contribution < 1.29 is 9.72 Å². The van der Waals surface area contributed by atoms with E-state index in [2.05, 4.69) is 0 Å². The number of carbonyl (C=O) groups is 1. The van der Waals surface area contributed by atoms with Gasteiger partial charge >= 0.3 is 0 Å². The molecule has 1 aromatic heterocycles. The molecule has 1 aromatic rings. The van der Waals surface area contributed by atoms with E-state index >= 15 is 0 Å². The number of aryl methyl sites for hydroxylation is 1. The molecule has 1 rings (SSSR count). The Morgan fingerprint density at radius 1 is 1.67 bits per heavy atom. The lowest BCUT2D eigenvalue weighted by Crippen LogP contribution is -2.30. The molecule has 1 heterocycles. The topological polar surface area (TPSA) is 68.4 Å². The van der Waals surface area contributed by atoms with Gasteiger partial charge in [0.25, 0.3) is 11.6 Å². The van der Waals surface area contributed by atoms with Crippen molar-refractivity contribution >= 4 is 23.2 Å². The Morgan fingerprint density at radius 3 is 2.72 bits per heavy atom. The summed E-state index contributed by atoms with van der Waals surface area (Å²) in [6, 6.07) is 1.28. The minimum Gasteiger partial charge on any atom is -0.340 e. The summed E-state index contributed by atoms with van der Waals surface area (Å²) >= 11 is 5.82. The number of nitrogens with zero attached hydrogens (tertiary/aromatic N) is 3. The van der Waals surface area contributed by atoms with Crippen molar-refractivity contribution in [2.24, 2.45) is 7.05 Å². The summed E-state index contributed by atoms with van der Waals surface area (Å²) in [4.78, 5) is 23.7. The molecule has 0 saturated carbocycles. The molecule has 0 aliphatic carbocycles. The number of rotatable bonds is 5. The highest BCUT2D eigenvalue weighted by Gasteiger charge is 2.20. The summed E-state index contributed by atoms with van der Waals surface area (Å²) in [5, 5.41) is 10.6. The summed E-state index contributed by atoms with van der Waals surface area (Å²) in [6.07, 6.45) is 2.00. The van der Waals surface area contributed by atoms with Gasteiger partial charge in [0.2, 0.25) is 0 Å². The molecule has 6 nitrogen and oxygen atoms in total. The van der Waals surface area contributed by atoms with Gasteiger partial charge in [-0.25, -0.2) is 0 Å². The van der Waals surface area contributed by atoms with Gasteiger partial charge in [-0.05, 0) is 13.3 Å². The number of halogens is 1. The first-order valence-corrected chi connectivity index (χ1v) is 5.97. The van der Waals surface area contributed by atoms with E-state index in [0.717, 1.165) is 0 Å². The SMILES string of the molecule is CC(Cl)CCN(C)C(=O)c1cc([N+](=O)[O-])cn1C. The molecule has 0 aliphatic heterocycles. The molecule has 1 unspecified atom stereocenters. The highest BCUT2D eigenvalue weighted by Crippen LogP contribution is 2.16. The summed E-state index contributed by atoms with van der Waals surface area (Å²) in [6.45, 7) is 2.37. The fraction of sp³-hybridized carbons (Fsp3) is 0.545. The van der Waals surface area contributed by atoms with Crippen molar-refractivity contribution in [2.45, 2.75) is 18.7 Å². The maximum absolute atomic E-state index is 12.1. The maximum Gasteiger partial charge on any atom is 0.287 e.